The molecule has 0 bridgehead atoms. The van der Waals surface area contributed by atoms with Gasteiger partial charge in [0.1, 0.15) is 23.2 Å². The fraction of sp³-hybridized carbons (Fsp3) is 0.417. The number of fused-ring (bicyclic) bond motifs is 2. The van der Waals surface area contributed by atoms with Crippen molar-refractivity contribution >= 4 is 6.08 Å². The standard InChI is InChI=1S/C12H12O3/c1-7-5-11-9(12(13)14-7)6-8-3-2-4-10(8)15-11/h5-6,10H,2-4H2,1H3. The molecular weight excluding hydrogens is 192 g/mol. The minimum Gasteiger partial charge on any atom is -0.485 e. The van der Waals surface area contributed by atoms with Gasteiger partial charge in [-0.05, 0) is 37.8 Å². The van der Waals surface area contributed by atoms with Crippen LogP contribution in [0, 0.1) is 6.92 Å². The van der Waals surface area contributed by atoms with Gasteiger partial charge in [0, 0.05) is 6.07 Å². The average molecular weight is 204 g/mol. The van der Waals surface area contributed by atoms with Crippen molar-refractivity contribution in [2.24, 2.45) is 0 Å². The summed E-state index contributed by atoms with van der Waals surface area (Å²) in [5.74, 6) is 1.29. The molecule has 0 amide bonds. The highest BCUT2D eigenvalue weighted by atomic mass is 16.5. The Balaban J connectivity index is 2.19. The number of hydrogen-bond acceptors (Lipinski definition) is 3. The summed E-state index contributed by atoms with van der Waals surface area (Å²) in [4.78, 5) is 11.6. The van der Waals surface area contributed by atoms with Crippen molar-refractivity contribution in [3.63, 3.8) is 0 Å². The van der Waals surface area contributed by atoms with E-state index >= 15 is 0 Å². The molecule has 3 heteroatoms. The number of ether oxygens (including phenoxy) is 1. The molecule has 1 aliphatic heterocycles. The third-order valence-corrected chi connectivity index (χ3v) is 3.02. The molecule has 3 nitrogen and oxygen atoms in total. The van der Waals surface area contributed by atoms with Crippen LogP contribution in [0.5, 0.6) is 5.75 Å². The molecule has 0 N–H and O–H groups in total. The van der Waals surface area contributed by atoms with Crippen LogP contribution in [-0.2, 0) is 0 Å². The van der Waals surface area contributed by atoms with Crippen LogP contribution in [0.25, 0.3) is 6.08 Å². The van der Waals surface area contributed by atoms with Crippen LogP contribution in [0.4, 0.5) is 0 Å². The zero-order valence-corrected chi connectivity index (χ0v) is 8.58. The van der Waals surface area contributed by atoms with Crippen molar-refractivity contribution in [2.75, 3.05) is 0 Å². The van der Waals surface area contributed by atoms with E-state index in [4.69, 9.17) is 9.15 Å². The first kappa shape index (κ1) is 8.77. The molecule has 2 heterocycles. The first-order chi connectivity index (χ1) is 7.24. The summed E-state index contributed by atoms with van der Waals surface area (Å²) in [6, 6.07) is 1.79. The van der Waals surface area contributed by atoms with E-state index in [0.717, 1.165) is 19.3 Å². The zero-order chi connectivity index (χ0) is 10.4. The Labute approximate surface area is 87.4 Å². The molecular formula is C12H12O3. The number of rotatable bonds is 0. The highest BCUT2D eigenvalue weighted by Gasteiger charge is 2.28. The Kier molecular flexibility index (Phi) is 1.75. The molecule has 1 aromatic rings. The van der Waals surface area contributed by atoms with Crippen LogP contribution in [0.1, 0.15) is 30.6 Å². The third-order valence-electron chi connectivity index (χ3n) is 3.02. The molecule has 0 spiro atoms. The lowest BCUT2D eigenvalue weighted by Crippen LogP contribution is -2.21. The second kappa shape index (κ2) is 2.99. The molecule has 0 radical (unpaired) electrons. The zero-order valence-electron chi connectivity index (χ0n) is 8.58. The van der Waals surface area contributed by atoms with Crippen molar-refractivity contribution in [3.8, 4) is 5.75 Å². The van der Waals surface area contributed by atoms with Gasteiger partial charge in [0.2, 0.25) is 0 Å². The van der Waals surface area contributed by atoms with Crippen LogP contribution in [0.15, 0.2) is 20.9 Å². The SMILES string of the molecule is Cc1cc2c(c(=O)o1)C=C1CCCC1O2. The monoisotopic (exact) mass is 204 g/mol. The van der Waals surface area contributed by atoms with Gasteiger partial charge in [-0.3, -0.25) is 0 Å². The Hall–Kier alpha value is -1.51. The van der Waals surface area contributed by atoms with Crippen LogP contribution < -0.4 is 10.4 Å². The van der Waals surface area contributed by atoms with Crippen LogP contribution in [0.2, 0.25) is 0 Å². The van der Waals surface area contributed by atoms with Gasteiger partial charge in [0.15, 0.2) is 0 Å². The van der Waals surface area contributed by atoms with Crippen LogP contribution >= 0.6 is 0 Å². The maximum Gasteiger partial charge on any atom is 0.346 e. The molecule has 1 unspecified atom stereocenters. The van der Waals surface area contributed by atoms with Crippen molar-refractivity contribution in [2.45, 2.75) is 32.3 Å². The first-order valence-corrected chi connectivity index (χ1v) is 5.26. The highest BCUT2D eigenvalue weighted by Crippen LogP contribution is 2.36. The number of hydrogen-bond donors (Lipinski definition) is 0. The molecule has 78 valence electrons. The lowest BCUT2D eigenvalue weighted by Gasteiger charge is -2.21. The summed E-state index contributed by atoms with van der Waals surface area (Å²) in [7, 11) is 0. The second-order valence-electron chi connectivity index (χ2n) is 4.14. The Bertz CT molecular complexity index is 496. The molecule has 1 aromatic heterocycles. The van der Waals surface area contributed by atoms with Gasteiger partial charge in [0.05, 0.1) is 0 Å². The van der Waals surface area contributed by atoms with Gasteiger partial charge in [0.25, 0.3) is 0 Å². The van der Waals surface area contributed by atoms with E-state index in [1.54, 1.807) is 13.0 Å². The van der Waals surface area contributed by atoms with E-state index in [9.17, 15) is 4.79 Å². The maximum atomic E-state index is 11.6. The van der Waals surface area contributed by atoms with Crippen LogP contribution in [0.3, 0.4) is 0 Å². The average Bonchev–Trinajstić information content (AvgIpc) is 2.61. The normalized spacial score (nSPS) is 22.7. The fourth-order valence-electron chi connectivity index (χ4n) is 2.30. The van der Waals surface area contributed by atoms with E-state index in [0.29, 0.717) is 17.1 Å². The van der Waals surface area contributed by atoms with E-state index in [1.807, 2.05) is 6.08 Å². The molecule has 1 fully saturated rings. The van der Waals surface area contributed by atoms with Gasteiger partial charge in [-0.25, -0.2) is 4.79 Å². The summed E-state index contributed by atoms with van der Waals surface area (Å²) in [5.41, 5.74) is 1.52. The lowest BCUT2D eigenvalue weighted by molar-refractivity contribution is 0.236. The van der Waals surface area contributed by atoms with Gasteiger partial charge < -0.3 is 9.15 Å². The third kappa shape index (κ3) is 1.30. The molecule has 0 saturated heterocycles. The summed E-state index contributed by atoms with van der Waals surface area (Å²) in [6.45, 7) is 1.76. The first-order valence-electron chi connectivity index (χ1n) is 5.26. The lowest BCUT2D eigenvalue weighted by atomic mass is 10.1. The van der Waals surface area contributed by atoms with Crippen LogP contribution in [-0.4, -0.2) is 6.10 Å². The minimum absolute atomic E-state index is 0.193. The largest absolute Gasteiger partial charge is 0.485 e. The minimum atomic E-state index is -0.289. The molecule has 1 atom stereocenters. The topological polar surface area (TPSA) is 39.4 Å². The molecule has 1 saturated carbocycles. The Morgan fingerprint density at radius 3 is 3.20 bits per heavy atom. The molecule has 3 rings (SSSR count). The summed E-state index contributed by atoms with van der Waals surface area (Å²) in [5, 5.41) is 0. The summed E-state index contributed by atoms with van der Waals surface area (Å²) in [6.07, 6.45) is 5.39. The predicted molar refractivity (Wildman–Crippen MR) is 56.0 cm³/mol. The Morgan fingerprint density at radius 1 is 1.47 bits per heavy atom. The molecule has 0 aromatic carbocycles. The van der Waals surface area contributed by atoms with Crippen molar-refractivity contribution < 1.29 is 9.15 Å². The van der Waals surface area contributed by atoms with E-state index in [-0.39, 0.29) is 11.7 Å². The van der Waals surface area contributed by atoms with Gasteiger partial charge >= 0.3 is 5.63 Å². The highest BCUT2D eigenvalue weighted by molar-refractivity contribution is 5.62. The van der Waals surface area contributed by atoms with E-state index in [2.05, 4.69) is 0 Å². The van der Waals surface area contributed by atoms with E-state index < -0.39 is 0 Å². The van der Waals surface area contributed by atoms with E-state index in [1.165, 1.54) is 5.57 Å². The second-order valence-corrected chi connectivity index (χ2v) is 4.14. The van der Waals surface area contributed by atoms with Gasteiger partial charge in [-0.15, -0.1) is 0 Å². The summed E-state index contributed by atoms with van der Waals surface area (Å²) >= 11 is 0. The smallest absolute Gasteiger partial charge is 0.346 e. The van der Waals surface area contributed by atoms with Crippen molar-refractivity contribution in [1.82, 2.24) is 0 Å². The van der Waals surface area contributed by atoms with Gasteiger partial charge in [-0.1, -0.05) is 0 Å². The van der Waals surface area contributed by atoms with Gasteiger partial charge in [-0.2, -0.15) is 0 Å². The number of aryl methyl sites for hydroxylation is 1. The quantitative estimate of drug-likeness (QED) is 0.650. The maximum absolute atomic E-state index is 11.6. The molecule has 1 aliphatic carbocycles. The molecule has 15 heavy (non-hydrogen) atoms. The summed E-state index contributed by atoms with van der Waals surface area (Å²) < 4.78 is 10.8. The Morgan fingerprint density at radius 2 is 2.33 bits per heavy atom. The fourth-order valence-corrected chi connectivity index (χ4v) is 2.30. The van der Waals surface area contributed by atoms with Crippen molar-refractivity contribution in [1.29, 1.82) is 0 Å². The molecule has 2 aliphatic rings. The predicted octanol–water partition coefficient (Wildman–Crippen LogP) is 2.28. The van der Waals surface area contributed by atoms with Crippen molar-refractivity contribution in [3.05, 3.63) is 33.4 Å².